The molecule has 1 rings (SSSR count). The number of hydrogen-bond donors (Lipinski definition) is 0. The van der Waals surface area contributed by atoms with Gasteiger partial charge in [-0.05, 0) is 24.3 Å². The summed E-state index contributed by atoms with van der Waals surface area (Å²) in [7, 11) is 0. The maximum absolute atomic E-state index is 12.0. The van der Waals surface area contributed by atoms with E-state index in [0.29, 0.717) is 12.1 Å². The van der Waals surface area contributed by atoms with E-state index < -0.39 is 23.5 Å². The largest absolute Gasteiger partial charge is 0.416 e. The van der Waals surface area contributed by atoms with Crippen LogP contribution in [0, 0.1) is 6.07 Å². The molecule has 0 heterocycles. The molecule has 0 bridgehead atoms. The Morgan fingerprint density at radius 2 is 1.13 bits per heavy atom. The van der Waals surface area contributed by atoms with Gasteiger partial charge in [0.25, 0.3) is 0 Å². The van der Waals surface area contributed by atoms with E-state index >= 15 is 0 Å². The Hall–Kier alpha value is -0.577. The zero-order chi connectivity index (χ0) is 11.0. The Bertz CT molecular complexity index is 297. The average Bonchev–Trinajstić information content (AvgIpc) is 2.01. The summed E-state index contributed by atoms with van der Waals surface area (Å²) in [5, 5.41) is 0. The normalized spacial score (nSPS) is 12.1. The Balaban J connectivity index is 0.00000196. The molecule has 0 amide bonds. The molecule has 1 aromatic rings. The molecule has 0 aliphatic carbocycles. The summed E-state index contributed by atoms with van der Waals surface area (Å²) in [4.78, 5) is 0. The molecule has 0 N–H and O–H groups in total. The van der Waals surface area contributed by atoms with Crippen LogP contribution >= 0.6 is 0 Å². The third-order valence-electron chi connectivity index (χ3n) is 1.44. The monoisotopic (exact) mass is 277 g/mol. The van der Waals surface area contributed by atoms with Gasteiger partial charge in [-0.2, -0.15) is 26.3 Å². The SMILES string of the molecule is FC(F)(F)c1c[c]cc(C(F)(F)F)c1.[Zn]. The molecule has 0 spiro atoms. The molecule has 0 aliphatic heterocycles. The summed E-state index contributed by atoms with van der Waals surface area (Å²) in [5.41, 5.74) is -2.71. The van der Waals surface area contributed by atoms with Crippen molar-refractivity contribution in [3.8, 4) is 0 Å². The maximum atomic E-state index is 12.0. The van der Waals surface area contributed by atoms with E-state index in [1.54, 1.807) is 6.07 Å². The minimum Gasteiger partial charge on any atom is -0.166 e. The Morgan fingerprint density at radius 3 is 1.40 bits per heavy atom. The summed E-state index contributed by atoms with van der Waals surface area (Å²) in [6, 6.07) is 2.79. The molecule has 1 aromatic carbocycles. The van der Waals surface area contributed by atoms with Crippen LogP contribution in [0.5, 0.6) is 0 Å². The van der Waals surface area contributed by atoms with Gasteiger partial charge in [-0.15, -0.1) is 0 Å². The molecule has 15 heavy (non-hydrogen) atoms. The van der Waals surface area contributed by atoms with Crippen molar-refractivity contribution in [2.45, 2.75) is 12.4 Å². The van der Waals surface area contributed by atoms with Crippen LogP contribution in [0.4, 0.5) is 26.3 Å². The number of rotatable bonds is 0. The first kappa shape index (κ1) is 14.4. The van der Waals surface area contributed by atoms with Gasteiger partial charge in [0.15, 0.2) is 0 Å². The first-order valence-electron chi connectivity index (χ1n) is 3.37. The molecule has 7 heteroatoms. The third-order valence-corrected chi connectivity index (χ3v) is 1.44. The van der Waals surface area contributed by atoms with Gasteiger partial charge < -0.3 is 0 Å². The maximum Gasteiger partial charge on any atom is 0.416 e. The number of halogens is 6. The Labute approximate surface area is 94.0 Å². The van der Waals surface area contributed by atoms with Crippen LogP contribution in [0.25, 0.3) is 0 Å². The van der Waals surface area contributed by atoms with Crippen molar-refractivity contribution < 1.29 is 45.8 Å². The van der Waals surface area contributed by atoms with Gasteiger partial charge >= 0.3 is 12.4 Å². The van der Waals surface area contributed by atoms with Crippen molar-refractivity contribution in [3.05, 3.63) is 35.4 Å². The van der Waals surface area contributed by atoms with Crippen LogP contribution in [0.3, 0.4) is 0 Å². The van der Waals surface area contributed by atoms with Gasteiger partial charge in [-0.25, -0.2) is 0 Å². The average molecular weight is 278 g/mol. The third kappa shape index (κ3) is 3.82. The molecule has 79 valence electrons. The van der Waals surface area contributed by atoms with E-state index in [2.05, 4.69) is 0 Å². The summed E-state index contributed by atoms with van der Waals surface area (Å²) < 4.78 is 71.8. The van der Waals surface area contributed by atoms with Crippen molar-refractivity contribution in [2.75, 3.05) is 0 Å². The van der Waals surface area contributed by atoms with Crippen molar-refractivity contribution in [3.63, 3.8) is 0 Å². The Kier molecular flexibility index (Phi) is 4.34. The van der Waals surface area contributed by atoms with Crippen LogP contribution in [-0.4, -0.2) is 0 Å². The number of alkyl halides is 6. The second-order valence-electron chi connectivity index (χ2n) is 2.51. The molecule has 1 radical (unpaired) electrons. The predicted octanol–water partition coefficient (Wildman–Crippen LogP) is 3.52. The number of hydrogen-bond acceptors (Lipinski definition) is 0. The van der Waals surface area contributed by atoms with E-state index in [-0.39, 0.29) is 25.5 Å². The zero-order valence-electron chi connectivity index (χ0n) is 7.21. The van der Waals surface area contributed by atoms with Gasteiger partial charge in [0.1, 0.15) is 0 Å². The van der Waals surface area contributed by atoms with Crippen molar-refractivity contribution in [1.29, 1.82) is 0 Å². The molecule has 0 atom stereocenters. The van der Waals surface area contributed by atoms with Crippen molar-refractivity contribution in [1.82, 2.24) is 0 Å². The molecule has 0 fully saturated rings. The second kappa shape index (κ2) is 4.51. The van der Waals surface area contributed by atoms with E-state index in [9.17, 15) is 26.3 Å². The molecular formula is C8H3F6Zn. The molecule has 0 saturated carbocycles. The van der Waals surface area contributed by atoms with E-state index in [1.807, 2.05) is 0 Å². The summed E-state index contributed by atoms with van der Waals surface area (Å²) in [5.74, 6) is 0. The predicted molar refractivity (Wildman–Crippen MR) is 35.3 cm³/mol. The first-order valence-corrected chi connectivity index (χ1v) is 3.37. The van der Waals surface area contributed by atoms with E-state index in [4.69, 9.17) is 0 Å². The quantitative estimate of drug-likeness (QED) is 0.503. The van der Waals surface area contributed by atoms with Gasteiger partial charge in [0, 0.05) is 19.5 Å². The van der Waals surface area contributed by atoms with Gasteiger partial charge in [0.2, 0.25) is 0 Å². The van der Waals surface area contributed by atoms with Crippen LogP contribution in [0.1, 0.15) is 11.1 Å². The van der Waals surface area contributed by atoms with Gasteiger partial charge in [0.05, 0.1) is 11.1 Å². The molecule has 0 aliphatic rings. The molecule has 0 aromatic heterocycles. The van der Waals surface area contributed by atoms with Gasteiger partial charge in [-0.1, -0.05) is 0 Å². The summed E-state index contributed by atoms with van der Waals surface area (Å²) >= 11 is 0. The molecule has 0 saturated heterocycles. The van der Waals surface area contributed by atoms with Crippen LogP contribution in [-0.2, 0) is 31.8 Å². The van der Waals surface area contributed by atoms with Gasteiger partial charge in [-0.3, -0.25) is 0 Å². The smallest absolute Gasteiger partial charge is 0.166 e. The second-order valence-corrected chi connectivity index (χ2v) is 2.51. The van der Waals surface area contributed by atoms with Crippen molar-refractivity contribution >= 4 is 0 Å². The molecular weight excluding hydrogens is 275 g/mol. The number of benzene rings is 1. The van der Waals surface area contributed by atoms with Crippen LogP contribution < -0.4 is 0 Å². The first-order chi connectivity index (χ1) is 6.21. The minimum atomic E-state index is -4.78. The Morgan fingerprint density at radius 1 is 0.800 bits per heavy atom. The van der Waals surface area contributed by atoms with E-state index in [1.165, 1.54) is 0 Å². The van der Waals surface area contributed by atoms with E-state index in [0.717, 1.165) is 0 Å². The zero-order valence-corrected chi connectivity index (χ0v) is 10.2. The molecule has 0 unspecified atom stereocenters. The fourth-order valence-corrected chi connectivity index (χ4v) is 0.799. The van der Waals surface area contributed by atoms with Crippen LogP contribution in [0.15, 0.2) is 18.2 Å². The standard InChI is InChI=1S/C8H3F6.Zn/c9-7(10,11)5-2-1-3-6(4-5)8(12,13)14;/h2-4H;. The van der Waals surface area contributed by atoms with Crippen molar-refractivity contribution in [2.24, 2.45) is 0 Å². The fourth-order valence-electron chi connectivity index (χ4n) is 0.799. The fraction of sp³-hybridized carbons (Fsp3) is 0.250. The van der Waals surface area contributed by atoms with Crippen LogP contribution in [0.2, 0.25) is 0 Å². The molecule has 0 nitrogen and oxygen atoms in total. The minimum absolute atomic E-state index is 0. The summed E-state index contributed by atoms with van der Waals surface area (Å²) in [6.07, 6.45) is -9.56. The topological polar surface area (TPSA) is 0 Å². The summed E-state index contributed by atoms with van der Waals surface area (Å²) in [6.45, 7) is 0.